The average Bonchev–Trinajstić information content (AvgIpc) is 3.27. The van der Waals surface area contributed by atoms with Gasteiger partial charge in [0, 0.05) is 12.6 Å². The lowest BCUT2D eigenvalue weighted by atomic mass is 10.4. The Morgan fingerprint density at radius 3 is 2.19 bits per heavy atom. The van der Waals surface area contributed by atoms with Gasteiger partial charge in [0.2, 0.25) is 20.0 Å². The molecule has 0 saturated heterocycles. The minimum absolute atomic E-state index is 0.00146. The molecule has 0 bridgehead atoms. The van der Waals surface area contributed by atoms with Crippen molar-refractivity contribution in [2.45, 2.75) is 41.5 Å². The molecule has 0 aromatic heterocycles. The van der Waals surface area contributed by atoms with E-state index in [1.807, 2.05) is 0 Å². The third-order valence-corrected chi connectivity index (χ3v) is 6.66. The summed E-state index contributed by atoms with van der Waals surface area (Å²) in [5.74, 6) is 0.446. The van der Waals surface area contributed by atoms with Crippen LogP contribution in [0.2, 0.25) is 0 Å². The van der Waals surface area contributed by atoms with E-state index in [4.69, 9.17) is 5.14 Å². The third kappa shape index (κ3) is 3.28. The smallest absolute Gasteiger partial charge is 0.225 e. The van der Waals surface area contributed by atoms with E-state index in [9.17, 15) is 16.8 Å². The Hall–Kier alpha value is -0.960. The number of rotatable bonds is 6. The molecule has 2 aliphatic rings. The van der Waals surface area contributed by atoms with Gasteiger partial charge >= 0.3 is 0 Å². The predicted molar refractivity (Wildman–Crippen MR) is 77.5 cm³/mol. The molecule has 0 amide bonds. The highest BCUT2D eigenvalue weighted by atomic mass is 32.2. The number of hydrogen-bond acceptors (Lipinski definition) is 4. The Kier molecular flexibility index (Phi) is 3.59. The van der Waals surface area contributed by atoms with E-state index in [2.05, 4.69) is 0 Å². The molecular formula is C13H18N2O4S2. The molecule has 0 radical (unpaired) electrons. The number of benzene rings is 1. The molecule has 0 heterocycles. The molecule has 2 aliphatic carbocycles. The molecule has 8 heteroatoms. The molecule has 2 N–H and O–H groups in total. The molecule has 1 aromatic carbocycles. The second kappa shape index (κ2) is 5.05. The predicted octanol–water partition coefficient (Wildman–Crippen LogP) is 0.897. The van der Waals surface area contributed by atoms with Gasteiger partial charge in [0.15, 0.2) is 0 Å². The van der Waals surface area contributed by atoms with Crippen LogP contribution in [0.4, 0.5) is 0 Å². The van der Waals surface area contributed by atoms with Crippen LogP contribution < -0.4 is 5.14 Å². The Morgan fingerprint density at radius 2 is 1.67 bits per heavy atom. The normalized spacial score (nSPS) is 19.9. The highest BCUT2D eigenvalue weighted by molar-refractivity contribution is 7.90. The van der Waals surface area contributed by atoms with Crippen LogP contribution in [0.3, 0.4) is 0 Å². The van der Waals surface area contributed by atoms with Gasteiger partial charge in [-0.1, -0.05) is 6.07 Å². The lowest BCUT2D eigenvalue weighted by Gasteiger charge is -2.22. The summed E-state index contributed by atoms with van der Waals surface area (Å²) in [5, 5.41) is 5.07. The first kappa shape index (κ1) is 15.0. The standard InChI is InChI=1S/C13H18N2O4S2/c14-20(16,17)12-2-1-3-13(8-12)21(18,19)15(11-6-7-11)9-10-4-5-10/h1-3,8,10-11H,4-7,9H2,(H2,14,16,17). The summed E-state index contributed by atoms with van der Waals surface area (Å²) < 4.78 is 49.8. The maximum absolute atomic E-state index is 12.7. The highest BCUT2D eigenvalue weighted by Gasteiger charge is 2.41. The Balaban J connectivity index is 1.96. The summed E-state index contributed by atoms with van der Waals surface area (Å²) in [4.78, 5) is -0.174. The van der Waals surface area contributed by atoms with Crippen LogP contribution in [0.1, 0.15) is 25.7 Å². The van der Waals surface area contributed by atoms with Gasteiger partial charge in [0.1, 0.15) is 0 Å². The number of nitrogens with zero attached hydrogens (tertiary/aromatic N) is 1. The van der Waals surface area contributed by atoms with Crippen molar-refractivity contribution in [1.82, 2.24) is 4.31 Å². The minimum atomic E-state index is -3.91. The fourth-order valence-electron chi connectivity index (χ4n) is 2.31. The molecule has 1 aromatic rings. The van der Waals surface area contributed by atoms with Crippen molar-refractivity contribution in [3.8, 4) is 0 Å². The maximum atomic E-state index is 12.7. The van der Waals surface area contributed by atoms with Crippen LogP contribution in [-0.2, 0) is 20.0 Å². The number of nitrogens with two attached hydrogens (primary N) is 1. The van der Waals surface area contributed by atoms with Crippen molar-refractivity contribution < 1.29 is 16.8 Å². The monoisotopic (exact) mass is 330 g/mol. The van der Waals surface area contributed by atoms with Crippen LogP contribution >= 0.6 is 0 Å². The second-order valence-electron chi connectivity index (χ2n) is 5.77. The zero-order valence-corrected chi connectivity index (χ0v) is 13.1. The van der Waals surface area contributed by atoms with Gasteiger partial charge in [-0.25, -0.2) is 22.0 Å². The van der Waals surface area contributed by atoms with Gasteiger partial charge in [-0.15, -0.1) is 0 Å². The van der Waals surface area contributed by atoms with Crippen molar-refractivity contribution in [2.24, 2.45) is 11.1 Å². The molecule has 2 saturated carbocycles. The first-order valence-electron chi connectivity index (χ1n) is 6.93. The van der Waals surface area contributed by atoms with E-state index in [0.29, 0.717) is 12.5 Å². The molecule has 2 fully saturated rings. The SMILES string of the molecule is NS(=O)(=O)c1cccc(S(=O)(=O)N(CC2CC2)C2CC2)c1. The van der Waals surface area contributed by atoms with Crippen molar-refractivity contribution >= 4 is 20.0 Å². The van der Waals surface area contributed by atoms with Gasteiger partial charge in [0.05, 0.1) is 9.79 Å². The molecule has 6 nitrogen and oxygen atoms in total. The topological polar surface area (TPSA) is 97.5 Å². The molecule has 0 spiro atoms. The summed E-state index contributed by atoms with van der Waals surface area (Å²) in [5.41, 5.74) is 0. The largest absolute Gasteiger partial charge is 0.243 e. The first-order chi connectivity index (χ1) is 9.78. The van der Waals surface area contributed by atoms with Crippen molar-refractivity contribution in [2.75, 3.05) is 6.54 Å². The lowest BCUT2D eigenvalue weighted by Crippen LogP contribution is -2.35. The Labute approximate surface area is 125 Å². The van der Waals surface area contributed by atoms with Crippen LogP contribution in [0.15, 0.2) is 34.1 Å². The number of primary sulfonamides is 1. The molecule has 0 atom stereocenters. The van der Waals surface area contributed by atoms with Crippen molar-refractivity contribution in [3.05, 3.63) is 24.3 Å². The molecule has 3 rings (SSSR count). The number of hydrogen-bond donors (Lipinski definition) is 1. The first-order valence-corrected chi connectivity index (χ1v) is 9.92. The van der Waals surface area contributed by atoms with Gasteiger partial charge in [-0.2, -0.15) is 4.31 Å². The summed E-state index contributed by atoms with van der Waals surface area (Å²) in [7, 11) is -7.57. The van der Waals surface area contributed by atoms with E-state index in [0.717, 1.165) is 31.7 Å². The summed E-state index contributed by atoms with van der Waals surface area (Å²) in [6.45, 7) is 0.534. The average molecular weight is 330 g/mol. The van der Waals surface area contributed by atoms with E-state index < -0.39 is 20.0 Å². The molecule has 0 aliphatic heterocycles. The van der Waals surface area contributed by atoms with Gasteiger partial charge in [-0.3, -0.25) is 0 Å². The van der Waals surface area contributed by atoms with Crippen LogP contribution in [0, 0.1) is 5.92 Å². The van der Waals surface area contributed by atoms with Crippen LogP contribution in [0.25, 0.3) is 0 Å². The van der Waals surface area contributed by atoms with E-state index in [1.165, 1.54) is 22.5 Å². The van der Waals surface area contributed by atoms with E-state index in [1.54, 1.807) is 0 Å². The quantitative estimate of drug-likeness (QED) is 0.838. The fourth-order valence-corrected chi connectivity index (χ4v) is 4.75. The van der Waals surface area contributed by atoms with Gasteiger partial charge < -0.3 is 0 Å². The molecule has 0 unspecified atom stereocenters. The zero-order valence-electron chi connectivity index (χ0n) is 11.5. The molecular weight excluding hydrogens is 312 g/mol. The number of sulfonamides is 2. The Bertz CT molecular complexity index is 750. The van der Waals surface area contributed by atoms with Crippen LogP contribution in [-0.4, -0.2) is 33.7 Å². The molecule has 116 valence electrons. The Morgan fingerprint density at radius 1 is 1.05 bits per heavy atom. The van der Waals surface area contributed by atoms with E-state index in [-0.39, 0.29) is 15.8 Å². The maximum Gasteiger partial charge on any atom is 0.243 e. The van der Waals surface area contributed by atoms with E-state index >= 15 is 0 Å². The summed E-state index contributed by atoms with van der Waals surface area (Å²) >= 11 is 0. The third-order valence-electron chi connectivity index (χ3n) is 3.83. The van der Waals surface area contributed by atoms with Crippen molar-refractivity contribution in [1.29, 1.82) is 0 Å². The lowest BCUT2D eigenvalue weighted by molar-refractivity contribution is 0.388. The second-order valence-corrected chi connectivity index (χ2v) is 9.22. The van der Waals surface area contributed by atoms with Crippen molar-refractivity contribution in [3.63, 3.8) is 0 Å². The van der Waals surface area contributed by atoms with Gasteiger partial charge in [0.25, 0.3) is 0 Å². The van der Waals surface area contributed by atoms with Crippen LogP contribution in [0.5, 0.6) is 0 Å². The minimum Gasteiger partial charge on any atom is -0.225 e. The summed E-state index contributed by atoms with van der Waals surface area (Å²) in [6.07, 6.45) is 3.88. The highest BCUT2D eigenvalue weighted by Crippen LogP contribution is 2.38. The zero-order chi connectivity index (χ0) is 15.3. The van der Waals surface area contributed by atoms with Gasteiger partial charge in [-0.05, 0) is 49.8 Å². The summed E-state index contributed by atoms with van der Waals surface area (Å²) in [6, 6.07) is 5.35. The molecule has 21 heavy (non-hydrogen) atoms. The fraction of sp³-hybridized carbons (Fsp3) is 0.538.